The van der Waals surface area contributed by atoms with E-state index < -0.39 is 6.04 Å². The summed E-state index contributed by atoms with van der Waals surface area (Å²) in [7, 11) is 0. The molecule has 0 aliphatic rings. The van der Waals surface area contributed by atoms with Crippen LogP contribution in [-0.2, 0) is 6.42 Å². The largest absolute Gasteiger partial charge is 0.490 e. The Kier molecular flexibility index (Phi) is 7.13. The maximum absolute atomic E-state index is 13.2. The smallest absolute Gasteiger partial charge is 0.255 e. The number of aromatic nitrogens is 1. The molecule has 2 aromatic heterocycles. The Morgan fingerprint density at radius 2 is 1.97 bits per heavy atom. The van der Waals surface area contributed by atoms with Crippen molar-refractivity contribution in [3.05, 3.63) is 87.7 Å². The molecule has 2 aromatic carbocycles. The second-order valence-electron chi connectivity index (χ2n) is 8.06. The number of fused-ring (bicyclic) bond motifs is 1. The van der Waals surface area contributed by atoms with E-state index in [4.69, 9.17) is 4.74 Å². The van der Waals surface area contributed by atoms with Gasteiger partial charge < -0.3 is 20.1 Å². The molecule has 5 nitrogen and oxygen atoms in total. The molecule has 6 heteroatoms. The van der Waals surface area contributed by atoms with Gasteiger partial charge >= 0.3 is 0 Å². The number of hydrogen-bond acceptors (Lipinski definition) is 4. The topological polar surface area (TPSA) is 74.3 Å². The van der Waals surface area contributed by atoms with E-state index in [-0.39, 0.29) is 18.6 Å². The second-order valence-corrected chi connectivity index (χ2v) is 8.84. The summed E-state index contributed by atoms with van der Waals surface area (Å²) in [5, 5.41) is 18.0. The highest BCUT2D eigenvalue weighted by atomic mass is 32.1. The summed E-state index contributed by atoms with van der Waals surface area (Å²) in [6, 6.07) is 14.9. The van der Waals surface area contributed by atoms with Crippen LogP contribution in [0.1, 0.15) is 40.9 Å². The van der Waals surface area contributed by atoms with Crippen molar-refractivity contribution in [3.8, 4) is 17.6 Å². The number of nitrogens with one attached hydrogen (secondary N) is 2. The van der Waals surface area contributed by atoms with Gasteiger partial charge in [-0.1, -0.05) is 30.0 Å². The summed E-state index contributed by atoms with van der Waals surface area (Å²) in [6.45, 7) is 3.66. The van der Waals surface area contributed by atoms with E-state index in [0.29, 0.717) is 17.7 Å². The molecule has 2 heterocycles. The van der Waals surface area contributed by atoms with Crippen molar-refractivity contribution in [1.29, 1.82) is 0 Å². The SMILES string of the molecule is CC(C)Oc1ccc(C#Cc2ccsc2)cc1C(=O)N[C@@H](CO)Cc1c[nH]c2ccccc12. The zero-order valence-corrected chi connectivity index (χ0v) is 19.4. The summed E-state index contributed by atoms with van der Waals surface area (Å²) in [6.07, 6.45) is 2.34. The molecular formula is C27H26N2O3S. The summed E-state index contributed by atoms with van der Waals surface area (Å²) in [5.41, 5.74) is 4.13. The Hall–Kier alpha value is -3.53. The lowest BCUT2D eigenvalue weighted by atomic mass is 10.0. The summed E-state index contributed by atoms with van der Waals surface area (Å²) < 4.78 is 5.88. The lowest BCUT2D eigenvalue weighted by Crippen LogP contribution is -2.39. The molecule has 0 saturated heterocycles. The standard InChI is InChI=1S/C27H26N2O3S/c1-18(2)32-26-10-9-19(7-8-20-11-12-33-17-20)13-24(26)27(31)29-22(16-30)14-21-15-28-25-6-4-3-5-23(21)25/h3-6,9-13,15,17-18,22,28,30H,14,16H2,1-2H3,(H,29,31)/t22-/m1/s1. The predicted octanol–water partition coefficient (Wildman–Crippen LogP) is 4.75. The molecule has 0 spiro atoms. The minimum atomic E-state index is -0.441. The van der Waals surface area contributed by atoms with Crippen LogP contribution < -0.4 is 10.1 Å². The summed E-state index contributed by atoms with van der Waals surface area (Å²) >= 11 is 1.59. The van der Waals surface area contributed by atoms with Gasteiger partial charge in [0.2, 0.25) is 0 Å². The maximum Gasteiger partial charge on any atom is 0.255 e. The number of carbonyl (C=O) groups is 1. The number of ether oxygens (including phenoxy) is 1. The normalized spacial score (nSPS) is 11.8. The molecule has 0 aliphatic heterocycles. The zero-order chi connectivity index (χ0) is 23.2. The molecule has 4 rings (SSSR count). The van der Waals surface area contributed by atoms with Gasteiger partial charge in [0.1, 0.15) is 5.75 Å². The van der Waals surface area contributed by atoms with Gasteiger partial charge in [0.25, 0.3) is 5.91 Å². The molecule has 0 bridgehead atoms. The van der Waals surface area contributed by atoms with Gasteiger partial charge in [-0.05, 0) is 61.5 Å². The first kappa shape index (κ1) is 22.7. The first-order valence-corrected chi connectivity index (χ1v) is 11.8. The minimum Gasteiger partial charge on any atom is -0.490 e. The van der Waals surface area contributed by atoms with Gasteiger partial charge in [-0.2, -0.15) is 11.3 Å². The third-order valence-electron chi connectivity index (χ3n) is 5.16. The molecular weight excluding hydrogens is 432 g/mol. The summed E-state index contributed by atoms with van der Waals surface area (Å²) in [4.78, 5) is 16.5. The van der Waals surface area contributed by atoms with Crippen LogP contribution in [0.4, 0.5) is 0 Å². The Morgan fingerprint density at radius 3 is 2.73 bits per heavy atom. The monoisotopic (exact) mass is 458 g/mol. The third-order valence-corrected chi connectivity index (χ3v) is 5.84. The van der Waals surface area contributed by atoms with Gasteiger partial charge in [-0.3, -0.25) is 4.79 Å². The van der Waals surface area contributed by atoms with Crippen molar-refractivity contribution in [2.24, 2.45) is 0 Å². The number of carbonyl (C=O) groups excluding carboxylic acids is 1. The van der Waals surface area contributed by atoms with Gasteiger partial charge in [0.05, 0.1) is 24.3 Å². The Morgan fingerprint density at radius 1 is 1.15 bits per heavy atom. The number of aromatic amines is 1. The molecule has 4 aromatic rings. The van der Waals surface area contributed by atoms with E-state index >= 15 is 0 Å². The van der Waals surface area contributed by atoms with Crippen molar-refractivity contribution in [2.75, 3.05) is 6.61 Å². The van der Waals surface area contributed by atoms with Crippen LogP contribution in [0.15, 0.2) is 65.5 Å². The van der Waals surface area contributed by atoms with Crippen LogP contribution in [-0.4, -0.2) is 34.8 Å². The van der Waals surface area contributed by atoms with Gasteiger partial charge in [-0.25, -0.2) is 0 Å². The van der Waals surface area contributed by atoms with Gasteiger partial charge in [0.15, 0.2) is 0 Å². The Bertz CT molecular complexity index is 1300. The number of aliphatic hydroxyl groups is 1. The van der Waals surface area contributed by atoms with E-state index in [1.165, 1.54) is 0 Å². The molecule has 1 atom stereocenters. The average Bonchev–Trinajstić information content (AvgIpc) is 3.48. The lowest BCUT2D eigenvalue weighted by molar-refractivity contribution is 0.0910. The molecule has 0 radical (unpaired) electrons. The highest BCUT2D eigenvalue weighted by molar-refractivity contribution is 7.08. The molecule has 168 valence electrons. The van der Waals surface area contributed by atoms with Crippen LogP contribution in [0, 0.1) is 11.8 Å². The van der Waals surface area contributed by atoms with Crippen molar-refractivity contribution in [2.45, 2.75) is 32.4 Å². The highest BCUT2D eigenvalue weighted by Gasteiger charge is 2.19. The van der Waals surface area contributed by atoms with Gasteiger partial charge in [-0.15, -0.1) is 0 Å². The number of rotatable bonds is 7. The van der Waals surface area contributed by atoms with Crippen LogP contribution in [0.2, 0.25) is 0 Å². The Balaban J connectivity index is 1.57. The maximum atomic E-state index is 13.2. The molecule has 1 amide bonds. The fourth-order valence-corrected chi connectivity index (χ4v) is 4.20. The second kappa shape index (κ2) is 10.4. The first-order valence-electron chi connectivity index (χ1n) is 10.8. The number of H-pyrrole nitrogens is 1. The molecule has 33 heavy (non-hydrogen) atoms. The number of amides is 1. The van der Waals surface area contributed by atoms with Crippen LogP contribution in [0.3, 0.4) is 0 Å². The van der Waals surface area contributed by atoms with E-state index in [1.807, 2.05) is 67.2 Å². The molecule has 3 N–H and O–H groups in total. The number of hydrogen-bond donors (Lipinski definition) is 3. The average molecular weight is 459 g/mol. The van der Waals surface area contributed by atoms with E-state index in [0.717, 1.165) is 27.6 Å². The molecule has 0 saturated carbocycles. The number of thiophene rings is 1. The molecule has 0 fully saturated rings. The fourth-order valence-electron chi connectivity index (χ4n) is 3.61. The van der Waals surface area contributed by atoms with Crippen LogP contribution >= 0.6 is 11.3 Å². The zero-order valence-electron chi connectivity index (χ0n) is 18.6. The Labute approximate surface area is 197 Å². The van der Waals surface area contributed by atoms with Crippen molar-refractivity contribution in [1.82, 2.24) is 10.3 Å². The quantitative estimate of drug-likeness (QED) is 0.350. The first-order chi connectivity index (χ1) is 16.0. The van der Waals surface area contributed by atoms with E-state index in [9.17, 15) is 9.90 Å². The molecule has 0 unspecified atom stereocenters. The summed E-state index contributed by atoms with van der Waals surface area (Å²) in [5.74, 6) is 6.42. The van der Waals surface area contributed by atoms with Crippen molar-refractivity contribution < 1.29 is 14.6 Å². The van der Waals surface area contributed by atoms with Gasteiger partial charge in [0, 0.05) is 33.6 Å². The van der Waals surface area contributed by atoms with Crippen molar-refractivity contribution in [3.63, 3.8) is 0 Å². The van der Waals surface area contributed by atoms with Crippen molar-refractivity contribution >= 4 is 28.1 Å². The van der Waals surface area contributed by atoms with Crippen LogP contribution in [0.25, 0.3) is 10.9 Å². The van der Waals surface area contributed by atoms with Crippen LogP contribution in [0.5, 0.6) is 5.75 Å². The van der Waals surface area contributed by atoms with E-state index in [1.54, 1.807) is 23.5 Å². The molecule has 0 aliphatic carbocycles. The number of para-hydroxylation sites is 1. The lowest BCUT2D eigenvalue weighted by Gasteiger charge is -2.19. The third kappa shape index (κ3) is 5.64. The number of aliphatic hydroxyl groups excluding tert-OH is 1. The van der Waals surface area contributed by atoms with E-state index in [2.05, 4.69) is 22.1 Å². The number of benzene rings is 2. The minimum absolute atomic E-state index is 0.0841. The fraction of sp³-hybridized carbons (Fsp3) is 0.222. The highest BCUT2D eigenvalue weighted by Crippen LogP contribution is 2.23. The predicted molar refractivity (Wildman–Crippen MR) is 133 cm³/mol.